The van der Waals surface area contributed by atoms with E-state index in [0.717, 1.165) is 0 Å². The molecule has 2 N–H and O–H groups in total. The van der Waals surface area contributed by atoms with Crippen LogP contribution in [0.15, 0.2) is 71.6 Å². The molecule has 0 atom stereocenters. The summed E-state index contributed by atoms with van der Waals surface area (Å²) >= 11 is 11.8. The summed E-state index contributed by atoms with van der Waals surface area (Å²) in [5, 5.41) is 3.36. The Morgan fingerprint density at radius 2 is 1.61 bits per heavy atom. The maximum absolute atomic E-state index is 12.6. The van der Waals surface area contributed by atoms with Gasteiger partial charge in [0.05, 0.1) is 20.6 Å². The van der Waals surface area contributed by atoms with E-state index < -0.39 is 10.0 Å². The van der Waals surface area contributed by atoms with Crippen molar-refractivity contribution in [2.75, 3.05) is 10.0 Å². The van der Waals surface area contributed by atoms with Crippen molar-refractivity contribution in [3.63, 3.8) is 0 Å². The van der Waals surface area contributed by atoms with Crippen molar-refractivity contribution >= 4 is 50.5 Å². The first-order chi connectivity index (χ1) is 13.3. The maximum Gasteiger partial charge on any atom is 0.261 e. The standard InChI is InChI=1S/C20H16Cl2N2O3S/c1-13-11-16(28(26,27)24-15-7-9-17(21)18(22)12-15)8-10-19(13)23-20(25)14-5-3-2-4-6-14/h2-12,24H,1H3,(H,23,25). The lowest BCUT2D eigenvalue weighted by molar-refractivity contribution is 0.102. The second-order valence-corrected chi connectivity index (χ2v) is 8.53. The third kappa shape index (κ3) is 4.65. The van der Waals surface area contributed by atoms with Crippen LogP contribution in [0, 0.1) is 6.92 Å². The number of sulfonamides is 1. The van der Waals surface area contributed by atoms with Crippen LogP contribution in [0.1, 0.15) is 15.9 Å². The minimum absolute atomic E-state index is 0.0637. The summed E-state index contributed by atoms with van der Waals surface area (Å²) in [5.74, 6) is -0.270. The van der Waals surface area contributed by atoms with Gasteiger partial charge in [0.25, 0.3) is 15.9 Å². The predicted molar refractivity (Wildman–Crippen MR) is 113 cm³/mol. The average Bonchev–Trinajstić information content (AvgIpc) is 2.66. The van der Waals surface area contributed by atoms with Gasteiger partial charge in [-0.1, -0.05) is 41.4 Å². The van der Waals surface area contributed by atoms with Gasteiger partial charge in [0.1, 0.15) is 0 Å². The third-order valence-corrected chi connectivity index (χ3v) is 6.08. The lowest BCUT2D eigenvalue weighted by Crippen LogP contribution is -2.15. The fraction of sp³-hybridized carbons (Fsp3) is 0.0500. The number of hydrogen-bond acceptors (Lipinski definition) is 3. The summed E-state index contributed by atoms with van der Waals surface area (Å²) < 4.78 is 27.7. The summed E-state index contributed by atoms with van der Waals surface area (Å²) in [6.45, 7) is 1.72. The van der Waals surface area contributed by atoms with Gasteiger partial charge in [0, 0.05) is 11.3 Å². The van der Waals surface area contributed by atoms with Crippen LogP contribution in [-0.4, -0.2) is 14.3 Å². The Kier molecular flexibility index (Phi) is 5.93. The highest BCUT2D eigenvalue weighted by atomic mass is 35.5. The molecule has 0 saturated carbocycles. The summed E-state index contributed by atoms with van der Waals surface area (Å²) in [5.41, 5.74) is 1.96. The second kappa shape index (κ2) is 8.22. The number of nitrogens with one attached hydrogen (secondary N) is 2. The first-order valence-electron chi connectivity index (χ1n) is 8.21. The molecule has 3 aromatic carbocycles. The van der Waals surface area contributed by atoms with E-state index in [0.29, 0.717) is 27.5 Å². The van der Waals surface area contributed by atoms with Crippen LogP contribution >= 0.6 is 23.2 Å². The lowest BCUT2D eigenvalue weighted by Gasteiger charge is -2.12. The first-order valence-corrected chi connectivity index (χ1v) is 10.4. The first kappa shape index (κ1) is 20.2. The number of anilines is 2. The Morgan fingerprint density at radius 3 is 2.25 bits per heavy atom. The van der Waals surface area contributed by atoms with Crippen LogP contribution in [0.3, 0.4) is 0 Å². The van der Waals surface area contributed by atoms with E-state index in [-0.39, 0.29) is 15.8 Å². The zero-order chi connectivity index (χ0) is 20.3. The summed E-state index contributed by atoms with van der Waals surface area (Å²) in [6, 6.07) is 17.7. The van der Waals surface area contributed by atoms with E-state index in [2.05, 4.69) is 10.0 Å². The van der Waals surface area contributed by atoms with Crippen LogP contribution < -0.4 is 10.0 Å². The largest absolute Gasteiger partial charge is 0.322 e. The molecule has 0 bridgehead atoms. The molecule has 0 saturated heterocycles. The van der Waals surface area contributed by atoms with E-state index in [1.165, 1.54) is 30.3 Å². The third-order valence-electron chi connectivity index (χ3n) is 3.96. The molecule has 144 valence electrons. The van der Waals surface area contributed by atoms with Crippen LogP contribution in [0.2, 0.25) is 10.0 Å². The molecule has 1 amide bonds. The van der Waals surface area contributed by atoms with E-state index in [1.54, 1.807) is 37.3 Å². The molecule has 8 heteroatoms. The summed E-state index contributed by atoms with van der Waals surface area (Å²) in [4.78, 5) is 12.3. The molecule has 0 aromatic heterocycles. The number of amides is 1. The van der Waals surface area contributed by atoms with Crippen molar-refractivity contribution in [2.24, 2.45) is 0 Å². The van der Waals surface area contributed by atoms with Crippen molar-refractivity contribution in [2.45, 2.75) is 11.8 Å². The van der Waals surface area contributed by atoms with Crippen LogP contribution in [0.4, 0.5) is 11.4 Å². The zero-order valence-corrected chi connectivity index (χ0v) is 17.1. The minimum atomic E-state index is -3.83. The fourth-order valence-corrected chi connectivity index (χ4v) is 3.93. The molecule has 0 aliphatic carbocycles. The molecule has 3 aromatic rings. The van der Waals surface area contributed by atoms with Crippen molar-refractivity contribution in [3.8, 4) is 0 Å². The van der Waals surface area contributed by atoms with Gasteiger partial charge in [-0.2, -0.15) is 0 Å². The second-order valence-electron chi connectivity index (χ2n) is 6.03. The molecular weight excluding hydrogens is 419 g/mol. The Morgan fingerprint density at radius 1 is 0.893 bits per heavy atom. The quantitative estimate of drug-likeness (QED) is 0.567. The molecule has 0 fully saturated rings. The normalized spacial score (nSPS) is 11.1. The van der Waals surface area contributed by atoms with E-state index in [9.17, 15) is 13.2 Å². The Hall–Kier alpha value is -2.54. The Bertz CT molecular complexity index is 1130. The minimum Gasteiger partial charge on any atom is -0.322 e. The highest BCUT2D eigenvalue weighted by Crippen LogP contribution is 2.27. The van der Waals surface area contributed by atoms with Gasteiger partial charge in [0.15, 0.2) is 0 Å². The number of carbonyl (C=O) groups excluding carboxylic acids is 1. The Balaban J connectivity index is 1.80. The smallest absolute Gasteiger partial charge is 0.261 e. The van der Waals surface area contributed by atoms with Gasteiger partial charge in [-0.25, -0.2) is 8.42 Å². The van der Waals surface area contributed by atoms with Gasteiger partial charge in [-0.3, -0.25) is 9.52 Å². The van der Waals surface area contributed by atoms with Crippen LogP contribution in [0.25, 0.3) is 0 Å². The Labute approximate surface area is 173 Å². The van der Waals surface area contributed by atoms with E-state index in [4.69, 9.17) is 23.2 Å². The molecule has 0 radical (unpaired) electrons. The zero-order valence-electron chi connectivity index (χ0n) is 14.7. The highest BCUT2D eigenvalue weighted by Gasteiger charge is 2.17. The van der Waals surface area contributed by atoms with Gasteiger partial charge in [-0.15, -0.1) is 0 Å². The average molecular weight is 435 g/mol. The summed E-state index contributed by atoms with van der Waals surface area (Å²) in [7, 11) is -3.83. The van der Waals surface area contributed by atoms with Crippen molar-refractivity contribution in [3.05, 3.63) is 87.9 Å². The van der Waals surface area contributed by atoms with Crippen molar-refractivity contribution in [1.29, 1.82) is 0 Å². The molecule has 0 spiro atoms. The number of halogens is 2. The summed E-state index contributed by atoms with van der Waals surface area (Å²) in [6.07, 6.45) is 0. The van der Waals surface area contributed by atoms with Crippen molar-refractivity contribution in [1.82, 2.24) is 0 Å². The molecule has 0 heterocycles. The van der Waals surface area contributed by atoms with Crippen molar-refractivity contribution < 1.29 is 13.2 Å². The molecule has 28 heavy (non-hydrogen) atoms. The van der Waals surface area contributed by atoms with Gasteiger partial charge < -0.3 is 5.32 Å². The van der Waals surface area contributed by atoms with Gasteiger partial charge >= 0.3 is 0 Å². The molecule has 5 nitrogen and oxygen atoms in total. The fourth-order valence-electron chi connectivity index (χ4n) is 2.50. The van der Waals surface area contributed by atoms with Crippen LogP contribution in [-0.2, 0) is 10.0 Å². The molecule has 3 rings (SSSR count). The molecule has 0 aliphatic rings. The van der Waals surface area contributed by atoms with Gasteiger partial charge in [-0.05, 0) is 61.0 Å². The highest BCUT2D eigenvalue weighted by molar-refractivity contribution is 7.92. The van der Waals surface area contributed by atoms with Crippen LogP contribution in [0.5, 0.6) is 0 Å². The number of aryl methyl sites for hydroxylation is 1. The number of carbonyl (C=O) groups is 1. The van der Waals surface area contributed by atoms with E-state index in [1.807, 2.05) is 6.07 Å². The number of benzene rings is 3. The SMILES string of the molecule is Cc1cc(S(=O)(=O)Nc2ccc(Cl)c(Cl)c2)ccc1NC(=O)c1ccccc1. The maximum atomic E-state index is 12.6. The lowest BCUT2D eigenvalue weighted by atomic mass is 10.1. The molecular formula is C20H16Cl2N2O3S. The topological polar surface area (TPSA) is 75.3 Å². The monoisotopic (exact) mass is 434 g/mol. The molecule has 0 aliphatic heterocycles. The number of rotatable bonds is 5. The van der Waals surface area contributed by atoms with E-state index >= 15 is 0 Å². The van der Waals surface area contributed by atoms with Gasteiger partial charge in [0.2, 0.25) is 0 Å². The predicted octanol–water partition coefficient (Wildman–Crippen LogP) is 5.35. The molecule has 0 unspecified atom stereocenters. The number of hydrogen-bond donors (Lipinski definition) is 2.